The Labute approximate surface area is 214 Å². The summed E-state index contributed by atoms with van der Waals surface area (Å²) in [4.78, 5) is 0. The molecule has 0 bridgehead atoms. The molecule has 5 rings (SSSR count). The molecule has 0 spiro atoms. The fraction of sp³-hybridized carbons (Fsp3) is 0.121. The van der Waals surface area contributed by atoms with Crippen molar-refractivity contribution >= 4 is 5.69 Å². The number of benzene rings is 4. The number of rotatable bonds is 7. The molecule has 3 heteroatoms. The molecule has 1 heterocycles. The largest absolute Gasteiger partial charge is 0.372 e. The van der Waals surface area contributed by atoms with Crippen molar-refractivity contribution < 1.29 is 0 Å². The molecule has 0 saturated heterocycles. The fourth-order valence-corrected chi connectivity index (χ4v) is 4.74. The van der Waals surface area contributed by atoms with Gasteiger partial charge in [0.2, 0.25) is 0 Å². The van der Waals surface area contributed by atoms with Crippen molar-refractivity contribution in [3.8, 4) is 50.8 Å². The first kappa shape index (κ1) is 24.6. The summed E-state index contributed by atoms with van der Waals surface area (Å²) in [6, 6.07) is 42.6. The molecule has 0 aliphatic rings. The van der Waals surface area contributed by atoms with Crippen LogP contribution in [-0.2, 0) is 6.54 Å². The van der Waals surface area contributed by atoms with Gasteiger partial charge in [0, 0.05) is 29.1 Å². The molecule has 36 heavy (non-hydrogen) atoms. The number of hydrogen-bond donors (Lipinski definition) is 1. The molecule has 0 unspecified atom stereocenters. The van der Waals surface area contributed by atoms with E-state index >= 15 is 0 Å². The van der Waals surface area contributed by atoms with Gasteiger partial charge in [0.25, 0.3) is 0 Å². The summed E-state index contributed by atoms with van der Waals surface area (Å²) in [5.41, 5.74) is 10.5. The van der Waals surface area contributed by atoms with Crippen molar-refractivity contribution in [1.29, 1.82) is 5.26 Å². The summed E-state index contributed by atoms with van der Waals surface area (Å²) >= 11 is 0. The average Bonchev–Trinajstić information content (AvgIpc) is 3.32. The van der Waals surface area contributed by atoms with Crippen LogP contribution in [0.4, 0.5) is 5.69 Å². The van der Waals surface area contributed by atoms with E-state index in [1.807, 2.05) is 12.1 Å². The van der Waals surface area contributed by atoms with Crippen molar-refractivity contribution in [2.75, 3.05) is 11.9 Å². The number of nitriles is 1. The van der Waals surface area contributed by atoms with Crippen LogP contribution < -0.4 is 5.32 Å². The molecular formula is C33H31N3. The molecule has 0 saturated carbocycles. The van der Waals surface area contributed by atoms with E-state index in [-0.39, 0.29) is 14.0 Å². The Bertz CT molecular complexity index is 1470. The number of aromatic nitrogens is 1. The highest BCUT2D eigenvalue weighted by Gasteiger charge is 2.20. The van der Waals surface area contributed by atoms with Crippen molar-refractivity contribution in [3.63, 3.8) is 0 Å². The normalized spacial score (nSPS) is 10.3. The Hall–Kier alpha value is -4.55. The lowest BCUT2D eigenvalue weighted by Gasteiger charge is -2.16. The topological polar surface area (TPSA) is 40.8 Å². The van der Waals surface area contributed by atoms with Crippen LogP contribution in [0.2, 0.25) is 0 Å². The highest BCUT2D eigenvalue weighted by molar-refractivity contribution is 5.91. The van der Waals surface area contributed by atoms with Gasteiger partial charge in [0.05, 0.1) is 11.8 Å². The SMILES string of the molecule is C.CCn1c(-c2ccccc2-c2cccc(NCC#N)c2)cc(-c2ccccc2)c1-c1ccccc1. The molecule has 0 amide bonds. The molecule has 0 atom stereocenters. The maximum absolute atomic E-state index is 8.97. The van der Waals surface area contributed by atoms with E-state index < -0.39 is 0 Å². The lowest BCUT2D eigenvalue weighted by molar-refractivity contribution is 0.785. The minimum absolute atomic E-state index is 0. The summed E-state index contributed by atoms with van der Waals surface area (Å²) in [7, 11) is 0. The number of nitrogens with one attached hydrogen (secondary N) is 1. The molecule has 3 nitrogen and oxygen atoms in total. The van der Waals surface area contributed by atoms with Gasteiger partial charge in [-0.3, -0.25) is 0 Å². The first-order valence-electron chi connectivity index (χ1n) is 11.9. The molecule has 0 radical (unpaired) electrons. The summed E-state index contributed by atoms with van der Waals surface area (Å²) in [6.45, 7) is 3.34. The maximum Gasteiger partial charge on any atom is 0.103 e. The molecule has 4 aromatic carbocycles. The molecular weight excluding hydrogens is 438 g/mol. The predicted molar refractivity (Wildman–Crippen MR) is 153 cm³/mol. The summed E-state index contributed by atoms with van der Waals surface area (Å²) in [5, 5.41) is 12.1. The van der Waals surface area contributed by atoms with Crippen molar-refractivity contribution in [1.82, 2.24) is 4.57 Å². The minimum atomic E-state index is 0. The van der Waals surface area contributed by atoms with Crippen LogP contribution in [0, 0.1) is 11.3 Å². The van der Waals surface area contributed by atoms with Gasteiger partial charge in [-0.25, -0.2) is 0 Å². The highest BCUT2D eigenvalue weighted by atomic mass is 15.0. The monoisotopic (exact) mass is 469 g/mol. The number of hydrogen-bond acceptors (Lipinski definition) is 2. The van der Waals surface area contributed by atoms with Gasteiger partial charge in [0.1, 0.15) is 6.54 Å². The van der Waals surface area contributed by atoms with Gasteiger partial charge < -0.3 is 9.88 Å². The zero-order valence-corrected chi connectivity index (χ0v) is 19.8. The Balaban J connectivity index is 0.00000304. The molecule has 0 aliphatic heterocycles. The average molecular weight is 470 g/mol. The van der Waals surface area contributed by atoms with Crippen molar-refractivity contribution in [2.24, 2.45) is 0 Å². The summed E-state index contributed by atoms with van der Waals surface area (Å²) in [5.74, 6) is 0. The zero-order valence-electron chi connectivity index (χ0n) is 19.8. The Morgan fingerprint density at radius 3 is 1.94 bits per heavy atom. The third-order valence-electron chi connectivity index (χ3n) is 6.29. The lowest BCUT2D eigenvalue weighted by atomic mass is 9.96. The van der Waals surface area contributed by atoms with Crippen molar-refractivity contribution in [2.45, 2.75) is 20.9 Å². The predicted octanol–water partition coefficient (Wildman–Crippen LogP) is 8.75. The van der Waals surface area contributed by atoms with Gasteiger partial charge in [-0.1, -0.05) is 104 Å². The lowest BCUT2D eigenvalue weighted by Crippen LogP contribution is -2.01. The third kappa shape index (κ3) is 4.80. The van der Waals surface area contributed by atoms with Crippen LogP contribution in [0.3, 0.4) is 0 Å². The van der Waals surface area contributed by atoms with E-state index in [1.54, 1.807) is 0 Å². The minimum Gasteiger partial charge on any atom is -0.372 e. The fourth-order valence-electron chi connectivity index (χ4n) is 4.74. The second-order valence-corrected chi connectivity index (χ2v) is 8.41. The van der Waals surface area contributed by atoms with Crippen LogP contribution in [0.5, 0.6) is 0 Å². The molecule has 178 valence electrons. The maximum atomic E-state index is 8.97. The van der Waals surface area contributed by atoms with E-state index in [2.05, 4.69) is 126 Å². The standard InChI is InChI=1S/C32H27N3.CH4/c1-2-35-31(23-30(24-12-5-3-6-13-24)32(35)25-14-7-4-8-15-25)29-19-10-9-18-28(29)26-16-11-17-27(22-26)34-21-20-33;/h3-19,22-23,34H,2,21H2,1H3;1H4. The Kier molecular flexibility index (Phi) is 7.68. The molecule has 5 aromatic rings. The van der Waals surface area contributed by atoms with E-state index in [4.69, 9.17) is 5.26 Å². The molecule has 1 aromatic heterocycles. The first-order chi connectivity index (χ1) is 17.3. The number of anilines is 1. The van der Waals surface area contributed by atoms with E-state index in [0.717, 1.165) is 17.8 Å². The van der Waals surface area contributed by atoms with Crippen LogP contribution in [0.15, 0.2) is 115 Å². The zero-order chi connectivity index (χ0) is 24.0. The smallest absolute Gasteiger partial charge is 0.103 e. The third-order valence-corrected chi connectivity index (χ3v) is 6.29. The summed E-state index contributed by atoms with van der Waals surface area (Å²) < 4.78 is 2.42. The quantitative estimate of drug-likeness (QED) is 0.242. The Morgan fingerprint density at radius 2 is 1.28 bits per heavy atom. The number of nitrogens with zero attached hydrogens (tertiary/aromatic N) is 2. The molecule has 0 fully saturated rings. The van der Waals surface area contributed by atoms with E-state index in [9.17, 15) is 0 Å². The van der Waals surface area contributed by atoms with Crippen LogP contribution in [0.25, 0.3) is 44.8 Å². The first-order valence-corrected chi connectivity index (χ1v) is 11.9. The Morgan fingerprint density at radius 1 is 0.667 bits per heavy atom. The second kappa shape index (κ2) is 11.3. The molecule has 0 aliphatic carbocycles. The van der Waals surface area contributed by atoms with Gasteiger partial charge in [0.15, 0.2) is 0 Å². The second-order valence-electron chi connectivity index (χ2n) is 8.41. The summed E-state index contributed by atoms with van der Waals surface area (Å²) in [6.07, 6.45) is 0. The van der Waals surface area contributed by atoms with E-state index in [1.165, 1.54) is 39.2 Å². The van der Waals surface area contributed by atoms with Gasteiger partial charge in [-0.15, -0.1) is 0 Å². The van der Waals surface area contributed by atoms with Crippen LogP contribution in [-0.4, -0.2) is 11.1 Å². The van der Waals surface area contributed by atoms with Crippen LogP contribution >= 0.6 is 0 Å². The van der Waals surface area contributed by atoms with Gasteiger partial charge in [-0.05, 0) is 47.4 Å². The van der Waals surface area contributed by atoms with Gasteiger partial charge in [-0.2, -0.15) is 5.26 Å². The van der Waals surface area contributed by atoms with Crippen LogP contribution in [0.1, 0.15) is 14.4 Å². The van der Waals surface area contributed by atoms with Crippen molar-refractivity contribution in [3.05, 3.63) is 115 Å². The van der Waals surface area contributed by atoms with E-state index in [0.29, 0.717) is 0 Å². The molecule has 1 N–H and O–H groups in total. The van der Waals surface area contributed by atoms with Gasteiger partial charge >= 0.3 is 0 Å². The highest BCUT2D eigenvalue weighted by Crippen LogP contribution is 2.42.